The Labute approximate surface area is 132 Å². The summed E-state index contributed by atoms with van der Waals surface area (Å²) < 4.78 is 38.5. The van der Waals surface area contributed by atoms with Crippen LogP contribution in [0, 0.1) is 6.92 Å². The van der Waals surface area contributed by atoms with Crippen LogP contribution in [0.1, 0.15) is 12.2 Å². The monoisotopic (exact) mass is 327 g/mol. The van der Waals surface area contributed by atoms with Crippen LogP contribution >= 0.6 is 0 Å². The molecule has 0 saturated carbocycles. The number of nitrogens with zero attached hydrogens (tertiary/aromatic N) is 3. The van der Waals surface area contributed by atoms with Gasteiger partial charge in [0, 0.05) is 26.7 Å². The number of aliphatic imine (C=N–C) groups is 1. The van der Waals surface area contributed by atoms with Crippen LogP contribution in [-0.2, 0) is 6.54 Å². The van der Waals surface area contributed by atoms with E-state index in [2.05, 4.69) is 25.2 Å². The zero-order valence-electron chi connectivity index (χ0n) is 13.1. The summed E-state index contributed by atoms with van der Waals surface area (Å²) in [5.41, 5.74) is 1.96. The lowest BCUT2D eigenvalue weighted by Crippen LogP contribution is -2.40. The minimum Gasteiger partial charge on any atom is -0.356 e. The maximum Gasteiger partial charge on any atom is 0.390 e. The molecule has 0 amide bonds. The maximum atomic E-state index is 12.1. The third-order valence-corrected chi connectivity index (χ3v) is 3.40. The van der Waals surface area contributed by atoms with E-state index < -0.39 is 12.6 Å². The highest BCUT2D eigenvalue weighted by Crippen LogP contribution is 2.18. The predicted octanol–water partition coefficient (Wildman–Crippen LogP) is 2.46. The molecule has 1 aromatic carbocycles. The number of rotatable bonds is 5. The van der Waals surface area contributed by atoms with Crippen molar-refractivity contribution < 1.29 is 13.2 Å². The summed E-state index contributed by atoms with van der Waals surface area (Å²) in [5, 5.41) is 5.66. The van der Waals surface area contributed by atoms with Crippen LogP contribution in [0.15, 0.2) is 29.3 Å². The number of fused-ring (bicyclic) bond motifs is 1. The van der Waals surface area contributed by atoms with Gasteiger partial charge >= 0.3 is 6.18 Å². The normalized spacial score (nSPS) is 12.7. The van der Waals surface area contributed by atoms with Crippen LogP contribution in [0.2, 0.25) is 0 Å². The van der Waals surface area contributed by atoms with Crippen molar-refractivity contribution in [1.29, 1.82) is 0 Å². The highest BCUT2D eigenvalue weighted by atomic mass is 19.4. The van der Waals surface area contributed by atoms with Gasteiger partial charge < -0.3 is 15.2 Å². The number of para-hydroxylation sites is 2. The first kappa shape index (κ1) is 17.1. The van der Waals surface area contributed by atoms with Crippen molar-refractivity contribution in [2.75, 3.05) is 20.1 Å². The molecule has 0 unspecified atom stereocenters. The Morgan fingerprint density at radius 2 is 1.91 bits per heavy atom. The zero-order chi connectivity index (χ0) is 16.9. The molecular weight excluding hydrogens is 307 g/mol. The Morgan fingerprint density at radius 3 is 2.61 bits per heavy atom. The second-order valence-electron chi connectivity index (χ2n) is 5.09. The van der Waals surface area contributed by atoms with Gasteiger partial charge in [-0.15, -0.1) is 0 Å². The van der Waals surface area contributed by atoms with Crippen molar-refractivity contribution >= 4 is 17.0 Å². The summed E-state index contributed by atoms with van der Waals surface area (Å²) in [6.07, 6.45) is -5.06. The van der Waals surface area contributed by atoms with E-state index in [9.17, 15) is 13.2 Å². The molecule has 0 spiro atoms. The minimum absolute atomic E-state index is 0.198. The van der Waals surface area contributed by atoms with Crippen molar-refractivity contribution in [3.05, 3.63) is 30.1 Å². The summed E-state index contributed by atoms with van der Waals surface area (Å²) in [7, 11) is 1.53. The molecule has 0 saturated heterocycles. The topological polar surface area (TPSA) is 54.2 Å². The number of nitrogens with one attached hydrogen (secondary N) is 2. The molecule has 0 radical (unpaired) electrons. The molecule has 0 aliphatic carbocycles. The molecule has 0 fully saturated rings. The van der Waals surface area contributed by atoms with Crippen LogP contribution in [0.25, 0.3) is 11.0 Å². The average molecular weight is 327 g/mol. The van der Waals surface area contributed by atoms with Gasteiger partial charge in [-0.05, 0) is 19.1 Å². The number of hydrogen-bond donors (Lipinski definition) is 2. The standard InChI is InChI=1S/C15H20F3N5/c1-11-22-12-5-3-4-6-13(12)23(11)10-9-21-14(19-2)20-8-7-15(16,17)18/h3-6H,7-10H2,1-2H3,(H2,19,20,21). The van der Waals surface area contributed by atoms with Crippen molar-refractivity contribution in [3.63, 3.8) is 0 Å². The smallest absolute Gasteiger partial charge is 0.356 e. The first-order chi connectivity index (χ1) is 10.9. The van der Waals surface area contributed by atoms with Crippen LogP contribution < -0.4 is 10.6 Å². The molecule has 5 nitrogen and oxygen atoms in total. The highest BCUT2D eigenvalue weighted by molar-refractivity contribution is 5.79. The number of imidazole rings is 1. The average Bonchev–Trinajstić information content (AvgIpc) is 2.80. The molecule has 0 bridgehead atoms. The summed E-state index contributed by atoms with van der Waals surface area (Å²) in [6.45, 7) is 2.91. The fourth-order valence-corrected chi connectivity index (χ4v) is 2.31. The summed E-state index contributed by atoms with van der Waals surface area (Å²) >= 11 is 0. The lowest BCUT2D eigenvalue weighted by Gasteiger charge is -2.14. The van der Waals surface area contributed by atoms with E-state index in [0.717, 1.165) is 16.9 Å². The number of guanidine groups is 1. The number of benzene rings is 1. The Morgan fingerprint density at radius 1 is 1.22 bits per heavy atom. The Kier molecular flexibility index (Phi) is 5.46. The second kappa shape index (κ2) is 7.34. The van der Waals surface area contributed by atoms with Gasteiger partial charge in [-0.2, -0.15) is 13.2 Å². The molecule has 0 atom stereocenters. The molecule has 126 valence electrons. The Balaban J connectivity index is 1.86. The summed E-state index contributed by atoms with van der Waals surface area (Å²) in [5.74, 6) is 1.25. The number of hydrogen-bond acceptors (Lipinski definition) is 2. The van der Waals surface area contributed by atoms with E-state index in [1.807, 2.05) is 31.2 Å². The van der Waals surface area contributed by atoms with Crippen molar-refractivity contribution in [2.24, 2.45) is 4.99 Å². The largest absolute Gasteiger partial charge is 0.390 e. The van der Waals surface area contributed by atoms with Crippen LogP contribution in [0.5, 0.6) is 0 Å². The molecule has 23 heavy (non-hydrogen) atoms. The first-order valence-electron chi connectivity index (χ1n) is 7.34. The van der Waals surface area contributed by atoms with Gasteiger partial charge in [0.15, 0.2) is 5.96 Å². The van der Waals surface area contributed by atoms with Gasteiger partial charge in [0.25, 0.3) is 0 Å². The van der Waals surface area contributed by atoms with Gasteiger partial charge in [0.1, 0.15) is 5.82 Å². The third-order valence-electron chi connectivity index (χ3n) is 3.40. The van der Waals surface area contributed by atoms with E-state index >= 15 is 0 Å². The van der Waals surface area contributed by atoms with E-state index in [4.69, 9.17) is 0 Å². The van der Waals surface area contributed by atoms with Crippen LogP contribution in [0.4, 0.5) is 13.2 Å². The van der Waals surface area contributed by atoms with E-state index in [0.29, 0.717) is 19.0 Å². The molecule has 2 rings (SSSR count). The number of aryl methyl sites for hydroxylation is 1. The lowest BCUT2D eigenvalue weighted by molar-refractivity contribution is -0.132. The van der Waals surface area contributed by atoms with Crippen LogP contribution in [-0.4, -0.2) is 41.8 Å². The number of halogens is 3. The number of alkyl halides is 3. The fraction of sp³-hybridized carbons (Fsp3) is 0.467. The Bertz CT molecular complexity index is 675. The summed E-state index contributed by atoms with van der Waals surface area (Å²) in [4.78, 5) is 8.39. The Hall–Kier alpha value is -2.25. The SMILES string of the molecule is CN=C(NCCn1c(C)nc2ccccc21)NCCC(F)(F)F. The van der Waals surface area contributed by atoms with E-state index in [1.54, 1.807) is 0 Å². The fourth-order valence-electron chi connectivity index (χ4n) is 2.31. The molecule has 0 aliphatic rings. The molecule has 1 aromatic heterocycles. The van der Waals surface area contributed by atoms with Gasteiger partial charge in [-0.25, -0.2) is 4.98 Å². The molecule has 2 N–H and O–H groups in total. The molecule has 0 aliphatic heterocycles. The van der Waals surface area contributed by atoms with E-state index in [1.165, 1.54) is 7.05 Å². The zero-order valence-corrected chi connectivity index (χ0v) is 13.1. The number of aromatic nitrogens is 2. The van der Waals surface area contributed by atoms with Crippen LogP contribution in [0.3, 0.4) is 0 Å². The lowest BCUT2D eigenvalue weighted by atomic mass is 10.3. The van der Waals surface area contributed by atoms with Crippen molar-refractivity contribution in [3.8, 4) is 0 Å². The van der Waals surface area contributed by atoms with Gasteiger partial charge in [-0.1, -0.05) is 12.1 Å². The van der Waals surface area contributed by atoms with Crippen molar-refractivity contribution in [2.45, 2.75) is 26.1 Å². The molecule has 2 aromatic rings. The summed E-state index contributed by atoms with van der Waals surface area (Å²) in [6, 6.07) is 7.82. The minimum atomic E-state index is -4.17. The maximum absolute atomic E-state index is 12.1. The van der Waals surface area contributed by atoms with Gasteiger partial charge in [0.05, 0.1) is 17.5 Å². The first-order valence-corrected chi connectivity index (χ1v) is 7.34. The second-order valence-corrected chi connectivity index (χ2v) is 5.09. The highest BCUT2D eigenvalue weighted by Gasteiger charge is 2.26. The molecule has 8 heteroatoms. The molecular formula is C15H20F3N5. The van der Waals surface area contributed by atoms with E-state index in [-0.39, 0.29) is 6.54 Å². The quantitative estimate of drug-likeness (QED) is 0.655. The van der Waals surface area contributed by atoms with Gasteiger partial charge in [0.2, 0.25) is 0 Å². The molecule has 1 heterocycles. The third kappa shape index (κ3) is 4.87. The predicted molar refractivity (Wildman–Crippen MR) is 84.5 cm³/mol. The van der Waals surface area contributed by atoms with Crippen molar-refractivity contribution in [1.82, 2.24) is 20.2 Å². The van der Waals surface area contributed by atoms with Gasteiger partial charge in [-0.3, -0.25) is 4.99 Å².